The van der Waals surface area contributed by atoms with E-state index in [1.807, 2.05) is 18.2 Å². The molecule has 0 saturated carbocycles. The second-order valence-electron chi connectivity index (χ2n) is 4.91. The minimum Gasteiger partial charge on any atom is -0.497 e. The molecule has 1 heterocycles. The van der Waals surface area contributed by atoms with E-state index in [0.717, 1.165) is 23.7 Å². The third-order valence-electron chi connectivity index (χ3n) is 3.35. The number of benzene rings is 1. The maximum atomic E-state index is 9.93. The van der Waals surface area contributed by atoms with Crippen LogP contribution < -0.4 is 19.7 Å². The molecule has 0 bridgehead atoms. The molecule has 5 nitrogen and oxygen atoms in total. The fourth-order valence-corrected chi connectivity index (χ4v) is 2.37. The van der Waals surface area contributed by atoms with Crippen molar-refractivity contribution in [1.82, 2.24) is 5.32 Å². The van der Waals surface area contributed by atoms with Crippen LogP contribution in [0.3, 0.4) is 0 Å². The fourth-order valence-electron chi connectivity index (χ4n) is 2.37. The first kappa shape index (κ1) is 14.0. The van der Waals surface area contributed by atoms with Gasteiger partial charge in [-0.1, -0.05) is 0 Å². The van der Waals surface area contributed by atoms with Gasteiger partial charge < -0.3 is 24.8 Å². The summed E-state index contributed by atoms with van der Waals surface area (Å²) < 4.78 is 10.6. The van der Waals surface area contributed by atoms with Crippen LogP contribution in [0.2, 0.25) is 0 Å². The summed E-state index contributed by atoms with van der Waals surface area (Å²) in [6, 6.07) is 6.07. The largest absolute Gasteiger partial charge is 0.497 e. The zero-order valence-electron chi connectivity index (χ0n) is 11.7. The lowest BCUT2D eigenvalue weighted by Gasteiger charge is -2.27. The Morgan fingerprint density at radius 3 is 2.74 bits per heavy atom. The van der Waals surface area contributed by atoms with Gasteiger partial charge in [0.15, 0.2) is 0 Å². The van der Waals surface area contributed by atoms with Crippen LogP contribution in [0.15, 0.2) is 18.2 Å². The standard InChI is InChI=1S/C14H22N2O3/c1-10-8-16(9-11(17)7-15-10)13-5-4-12(18-2)6-14(13)19-3/h4-6,10-11,15,17H,7-9H2,1-3H3. The number of aliphatic hydroxyl groups is 1. The van der Waals surface area contributed by atoms with E-state index in [1.54, 1.807) is 14.2 Å². The zero-order chi connectivity index (χ0) is 13.8. The number of nitrogens with one attached hydrogen (secondary N) is 1. The normalized spacial score (nSPS) is 23.9. The van der Waals surface area contributed by atoms with Crippen LogP contribution in [0.4, 0.5) is 5.69 Å². The summed E-state index contributed by atoms with van der Waals surface area (Å²) in [4.78, 5) is 2.15. The molecule has 0 amide bonds. The maximum Gasteiger partial charge on any atom is 0.145 e. The number of hydrogen-bond acceptors (Lipinski definition) is 5. The number of aliphatic hydroxyl groups excluding tert-OH is 1. The number of rotatable bonds is 3. The van der Waals surface area contributed by atoms with E-state index >= 15 is 0 Å². The smallest absolute Gasteiger partial charge is 0.145 e. The van der Waals surface area contributed by atoms with Crippen LogP contribution >= 0.6 is 0 Å². The van der Waals surface area contributed by atoms with Gasteiger partial charge in [0, 0.05) is 31.7 Å². The molecule has 106 valence electrons. The highest BCUT2D eigenvalue weighted by molar-refractivity contribution is 5.61. The Kier molecular flexibility index (Phi) is 4.50. The van der Waals surface area contributed by atoms with Gasteiger partial charge in [0.05, 0.1) is 26.0 Å². The van der Waals surface area contributed by atoms with Crippen LogP contribution in [0, 0.1) is 0 Å². The summed E-state index contributed by atoms with van der Waals surface area (Å²) in [6.07, 6.45) is -0.378. The lowest BCUT2D eigenvalue weighted by Crippen LogP contribution is -2.35. The van der Waals surface area contributed by atoms with Crippen molar-refractivity contribution < 1.29 is 14.6 Å². The minimum atomic E-state index is -0.378. The first-order valence-corrected chi connectivity index (χ1v) is 6.52. The van der Waals surface area contributed by atoms with Crippen molar-refractivity contribution in [3.63, 3.8) is 0 Å². The van der Waals surface area contributed by atoms with E-state index in [4.69, 9.17) is 9.47 Å². The van der Waals surface area contributed by atoms with E-state index in [1.165, 1.54) is 0 Å². The van der Waals surface area contributed by atoms with Gasteiger partial charge in [-0.15, -0.1) is 0 Å². The van der Waals surface area contributed by atoms with Crippen molar-refractivity contribution in [2.45, 2.75) is 19.1 Å². The molecule has 1 aliphatic rings. The highest BCUT2D eigenvalue weighted by atomic mass is 16.5. The molecule has 19 heavy (non-hydrogen) atoms. The van der Waals surface area contributed by atoms with Crippen molar-refractivity contribution in [3.8, 4) is 11.5 Å². The van der Waals surface area contributed by atoms with Crippen LogP contribution in [-0.4, -0.2) is 51.1 Å². The van der Waals surface area contributed by atoms with Crippen molar-refractivity contribution in [3.05, 3.63) is 18.2 Å². The Morgan fingerprint density at radius 1 is 1.26 bits per heavy atom. The molecule has 2 rings (SSSR count). The average molecular weight is 266 g/mol. The van der Waals surface area contributed by atoms with Gasteiger partial charge in [0.2, 0.25) is 0 Å². The third-order valence-corrected chi connectivity index (χ3v) is 3.35. The molecular weight excluding hydrogens is 244 g/mol. The topological polar surface area (TPSA) is 54.0 Å². The molecule has 2 atom stereocenters. The lowest BCUT2D eigenvalue weighted by atomic mass is 10.2. The van der Waals surface area contributed by atoms with Crippen molar-refractivity contribution in [1.29, 1.82) is 0 Å². The van der Waals surface area contributed by atoms with Gasteiger partial charge in [0.25, 0.3) is 0 Å². The number of ether oxygens (including phenoxy) is 2. The first-order chi connectivity index (χ1) is 9.13. The number of anilines is 1. The zero-order valence-corrected chi connectivity index (χ0v) is 11.7. The second-order valence-corrected chi connectivity index (χ2v) is 4.91. The Morgan fingerprint density at radius 2 is 2.05 bits per heavy atom. The third kappa shape index (κ3) is 3.30. The van der Waals surface area contributed by atoms with Crippen molar-refractivity contribution in [2.24, 2.45) is 0 Å². The van der Waals surface area contributed by atoms with Crippen LogP contribution in [0.1, 0.15) is 6.92 Å². The lowest BCUT2D eigenvalue weighted by molar-refractivity contribution is 0.183. The monoisotopic (exact) mass is 266 g/mol. The predicted octanol–water partition coefficient (Wildman–Crippen LogP) is 0.863. The van der Waals surface area contributed by atoms with Gasteiger partial charge in [-0.2, -0.15) is 0 Å². The SMILES string of the molecule is COc1ccc(N2CC(O)CNC(C)C2)c(OC)c1. The van der Waals surface area contributed by atoms with Crippen molar-refractivity contribution in [2.75, 3.05) is 38.8 Å². The Hall–Kier alpha value is -1.46. The first-order valence-electron chi connectivity index (χ1n) is 6.52. The molecule has 1 saturated heterocycles. The van der Waals surface area contributed by atoms with E-state index < -0.39 is 0 Å². The summed E-state index contributed by atoms with van der Waals surface area (Å²) in [5.41, 5.74) is 0.984. The molecule has 2 unspecified atom stereocenters. The Balaban J connectivity index is 2.28. The fraction of sp³-hybridized carbons (Fsp3) is 0.571. The van der Waals surface area contributed by atoms with Gasteiger partial charge in [-0.3, -0.25) is 0 Å². The van der Waals surface area contributed by atoms with Crippen LogP contribution in [0.25, 0.3) is 0 Å². The summed E-state index contributed by atoms with van der Waals surface area (Å²) in [5.74, 6) is 1.53. The highest BCUT2D eigenvalue weighted by Crippen LogP contribution is 2.32. The molecule has 2 N–H and O–H groups in total. The molecule has 1 aliphatic heterocycles. The molecule has 1 fully saturated rings. The average Bonchev–Trinajstić information content (AvgIpc) is 2.59. The van der Waals surface area contributed by atoms with Gasteiger partial charge in [-0.25, -0.2) is 0 Å². The second kappa shape index (κ2) is 6.12. The number of β-amino-alcohol motifs (C(OH)–C–C–N with tert-alkyl or cyclic N) is 1. The molecular formula is C14H22N2O3. The van der Waals surface area contributed by atoms with E-state index in [2.05, 4.69) is 17.1 Å². The van der Waals surface area contributed by atoms with E-state index in [0.29, 0.717) is 19.1 Å². The maximum absolute atomic E-state index is 9.93. The molecule has 0 aliphatic carbocycles. The van der Waals surface area contributed by atoms with Gasteiger partial charge in [0.1, 0.15) is 11.5 Å². The molecule has 0 aromatic heterocycles. The summed E-state index contributed by atoms with van der Waals surface area (Å²) in [6.45, 7) is 4.16. The molecule has 5 heteroatoms. The quantitative estimate of drug-likeness (QED) is 0.850. The van der Waals surface area contributed by atoms with Gasteiger partial charge >= 0.3 is 0 Å². The summed E-state index contributed by atoms with van der Waals surface area (Å²) in [7, 11) is 3.28. The summed E-state index contributed by atoms with van der Waals surface area (Å²) >= 11 is 0. The number of nitrogens with zero attached hydrogens (tertiary/aromatic N) is 1. The number of methoxy groups -OCH3 is 2. The highest BCUT2D eigenvalue weighted by Gasteiger charge is 2.22. The molecule has 0 radical (unpaired) electrons. The molecule has 0 spiro atoms. The van der Waals surface area contributed by atoms with E-state index in [-0.39, 0.29) is 6.10 Å². The molecule has 1 aromatic rings. The molecule has 1 aromatic carbocycles. The van der Waals surface area contributed by atoms with Gasteiger partial charge in [-0.05, 0) is 19.1 Å². The Labute approximate surface area is 114 Å². The van der Waals surface area contributed by atoms with Crippen LogP contribution in [0.5, 0.6) is 11.5 Å². The summed E-state index contributed by atoms with van der Waals surface area (Å²) in [5, 5.41) is 13.2. The van der Waals surface area contributed by atoms with Crippen molar-refractivity contribution >= 4 is 5.69 Å². The van der Waals surface area contributed by atoms with E-state index in [9.17, 15) is 5.11 Å². The predicted molar refractivity (Wildman–Crippen MR) is 75.2 cm³/mol. The minimum absolute atomic E-state index is 0.323. The number of hydrogen-bond donors (Lipinski definition) is 2. The van der Waals surface area contributed by atoms with Crippen LogP contribution in [-0.2, 0) is 0 Å². The Bertz CT molecular complexity index is 413.